The van der Waals surface area contributed by atoms with E-state index >= 15 is 0 Å². The van der Waals surface area contributed by atoms with Crippen molar-refractivity contribution >= 4 is 11.5 Å². The van der Waals surface area contributed by atoms with E-state index in [9.17, 15) is 4.79 Å². The van der Waals surface area contributed by atoms with Crippen molar-refractivity contribution in [1.29, 1.82) is 5.26 Å². The van der Waals surface area contributed by atoms with E-state index in [2.05, 4.69) is 19.9 Å². The number of rotatable bonds is 1. The third-order valence-electron chi connectivity index (χ3n) is 4.29. The molecule has 112 valence electrons. The van der Waals surface area contributed by atoms with Crippen LogP contribution in [0.5, 0.6) is 0 Å². The van der Waals surface area contributed by atoms with Crippen LogP contribution in [-0.4, -0.2) is 10.4 Å². The topological polar surface area (TPSA) is 71.8 Å². The monoisotopic (exact) mass is 293 g/mol. The molecule has 0 unspecified atom stereocenters. The first-order chi connectivity index (χ1) is 10.3. The van der Waals surface area contributed by atoms with Crippen molar-refractivity contribution in [3.05, 3.63) is 46.8 Å². The number of fused-ring (bicyclic) bond motifs is 1. The fourth-order valence-corrected chi connectivity index (χ4v) is 3.31. The largest absolute Gasteiger partial charge is 0.398 e. The average molecular weight is 293 g/mol. The van der Waals surface area contributed by atoms with Gasteiger partial charge in [0.2, 0.25) is 0 Å². The maximum Gasteiger partial charge on any atom is 0.165 e. The minimum absolute atomic E-state index is 0.0369. The molecule has 4 heteroatoms. The number of carbonyl (C=O) groups excluding carboxylic acids is 1. The predicted molar refractivity (Wildman–Crippen MR) is 86.1 cm³/mol. The Kier molecular flexibility index (Phi) is 3.10. The Bertz CT molecular complexity index is 822. The Labute approximate surface area is 130 Å². The summed E-state index contributed by atoms with van der Waals surface area (Å²) >= 11 is 0. The molecule has 0 fully saturated rings. The second-order valence-corrected chi connectivity index (χ2v) is 6.83. The van der Waals surface area contributed by atoms with Crippen LogP contribution in [0.1, 0.15) is 47.4 Å². The van der Waals surface area contributed by atoms with E-state index in [1.54, 1.807) is 12.1 Å². The van der Waals surface area contributed by atoms with Gasteiger partial charge in [0, 0.05) is 29.6 Å². The maximum absolute atomic E-state index is 12.5. The summed E-state index contributed by atoms with van der Waals surface area (Å²) in [4.78, 5) is 12.5. The van der Waals surface area contributed by atoms with E-state index in [1.807, 2.05) is 23.8 Å². The van der Waals surface area contributed by atoms with E-state index in [1.165, 1.54) is 0 Å². The van der Waals surface area contributed by atoms with Crippen LogP contribution in [0.2, 0.25) is 0 Å². The molecule has 0 amide bonds. The van der Waals surface area contributed by atoms with E-state index < -0.39 is 0 Å². The van der Waals surface area contributed by atoms with Crippen LogP contribution in [0.25, 0.3) is 5.69 Å². The van der Waals surface area contributed by atoms with Crippen LogP contribution in [-0.2, 0) is 6.42 Å². The number of aromatic nitrogens is 1. The highest BCUT2D eigenvalue weighted by atomic mass is 16.1. The van der Waals surface area contributed by atoms with Crippen molar-refractivity contribution in [2.45, 2.75) is 33.6 Å². The van der Waals surface area contributed by atoms with Crippen molar-refractivity contribution in [3.63, 3.8) is 0 Å². The minimum atomic E-state index is -0.0369. The third-order valence-corrected chi connectivity index (χ3v) is 4.29. The predicted octanol–water partition coefficient (Wildman–Crippen LogP) is 3.39. The van der Waals surface area contributed by atoms with Crippen molar-refractivity contribution in [3.8, 4) is 11.8 Å². The number of aryl methyl sites for hydroxylation is 1. The van der Waals surface area contributed by atoms with E-state index in [4.69, 9.17) is 11.0 Å². The van der Waals surface area contributed by atoms with Gasteiger partial charge >= 0.3 is 0 Å². The number of hydrogen-bond donors (Lipinski definition) is 1. The van der Waals surface area contributed by atoms with Crippen LogP contribution < -0.4 is 5.73 Å². The van der Waals surface area contributed by atoms with Crippen molar-refractivity contribution in [2.24, 2.45) is 5.41 Å². The summed E-state index contributed by atoms with van der Waals surface area (Å²) in [5.74, 6) is 0.212. The lowest BCUT2D eigenvalue weighted by atomic mass is 9.75. The summed E-state index contributed by atoms with van der Waals surface area (Å²) in [6.45, 7) is 6.21. The first-order valence-corrected chi connectivity index (χ1v) is 7.36. The van der Waals surface area contributed by atoms with E-state index in [-0.39, 0.29) is 11.2 Å². The van der Waals surface area contributed by atoms with Gasteiger partial charge in [-0.05, 0) is 42.5 Å². The number of carbonyl (C=O) groups is 1. The normalized spacial score (nSPS) is 16.2. The van der Waals surface area contributed by atoms with Gasteiger partial charge in [0.05, 0.1) is 11.3 Å². The first-order valence-electron chi connectivity index (χ1n) is 7.36. The highest BCUT2D eigenvalue weighted by Gasteiger charge is 2.34. The molecule has 2 aromatic rings. The standard InChI is InChI=1S/C18H19N3O/c1-11-10-21(13-5-4-12(9-19)14(20)6-13)15-7-18(2,3)8-16(22)17(11)15/h4-6,10H,7-8,20H2,1-3H3. The highest BCUT2D eigenvalue weighted by Crippen LogP contribution is 2.38. The van der Waals surface area contributed by atoms with Crippen molar-refractivity contribution in [2.75, 3.05) is 5.73 Å². The Morgan fingerprint density at radius 3 is 2.68 bits per heavy atom. The summed E-state index contributed by atoms with van der Waals surface area (Å²) in [6.07, 6.45) is 3.42. The number of benzene rings is 1. The zero-order valence-electron chi connectivity index (χ0n) is 13.1. The summed E-state index contributed by atoms with van der Waals surface area (Å²) in [6, 6.07) is 7.47. The molecule has 3 rings (SSSR count). The molecule has 0 atom stereocenters. The highest BCUT2D eigenvalue weighted by molar-refractivity contribution is 6.00. The molecule has 0 spiro atoms. The fourth-order valence-electron chi connectivity index (χ4n) is 3.31. The van der Waals surface area contributed by atoms with Gasteiger partial charge in [-0.2, -0.15) is 5.26 Å². The molecule has 4 nitrogen and oxygen atoms in total. The van der Waals surface area contributed by atoms with Gasteiger partial charge in [-0.15, -0.1) is 0 Å². The third kappa shape index (κ3) is 2.19. The van der Waals surface area contributed by atoms with Crippen molar-refractivity contribution in [1.82, 2.24) is 4.57 Å². The number of anilines is 1. The average Bonchev–Trinajstić information content (AvgIpc) is 2.74. The summed E-state index contributed by atoms with van der Waals surface area (Å²) in [7, 11) is 0. The zero-order valence-corrected chi connectivity index (χ0v) is 13.1. The molecule has 0 radical (unpaired) electrons. The van der Waals surface area contributed by atoms with Gasteiger partial charge in [0.1, 0.15) is 6.07 Å². The molecular weight excluding hydrogens is 274 g/mol. The number of nitrogen functional groups attached to an aromatic ring is 1. The molecule has 0 bridgehead atoms. The number of ketones is 1. The maximum atomic E-state index is 12.5. The smallest absolute Gasteiger partial charge is 0.165 e. The van der Waals surface area contributed by atoms with Crippen LogP contribution in [0.3, 0.4) is 0 Å². The molecule has 0 saturated carbocycles. The Morgan fingerprint density at radius 2 is 2.05 bits per heavy atom. The van der Waals surface area contributed by atoms with Crippen LogP contribution in [0.15, 0.2) is 24.4 Å². The molecule has 22 heavy (non-hydrogen) atoms. The lowest BCUT2D eigenvalue weighted by molar-refractivity contribution is 0.0910. The second-order valence-electron chi connectivity index (χ2n) is 6.83. The lowest BCUT2D eigenvalue weighted by Gasteiger charge is -2.30. The summed E-state index contributed by atoms with van der Waals surface area (Å²) < 4.78 is 2.04. The molecule has 1 aliphatic rings. The summed E-state index contributed by atoms with van der Waals surface area (Å²) in [5, 5.41) is 9.00. The van der Waals surface area contributed by atoms with Crippen LogP contribution in [0.4, 0.5) is 5.69 Å². The molecule has 2 N–H and O–H groups in total. The number of nitrogens with two attached hydrogens (primary N) is 1. The lowest BCUT2D eigenvalue weighted by Crippen LogP contribution is -2.28. The molecular formula is C18H19N3O. The van der Waals surface area contributed by atoms with Gasteiger partial charge < -0.3 is 10.3 Å². The van der Waals surface area contributed by atoms with Gasteiger partial charge in [-0.1, -0.05) is 13.8 Å². The zero-order chi connectivity index (χ0) is 16.1. The van der Waals surface area contributed by atoms with Gasteiger partial charge in [-0.3, -0.25) is 4.79 Å². The number of nitriles is 1. The number of Topliss-reactive ketones (excluding diaryl/α,β-unsaturated/α-hetero) is 1. The number of nitrogens with zero attached hydrogens (tertiary/aromatic N) is 2. The quantitative estimate of drug-likeness (QED) is 0.819. The molecule has 0 aliphatic heterocycles. The van der Waals surface area contributed by atoms with Crippen molar-refractivity contribution < 1.29 is 4.79 Å². The molecule has 1 aromatic carbocycles. The Morgan fingerprint density at radius 1 is 1.32 bits per heavy atom. The molecule has 1 heterocycles. The van der Waals surface area contributed by atoms with Crippen LogP contribution in [0, 0.1) is 23.7 Å². The molecule has 0 saturated heterocycles. The SMILES string of the molecule is Cc1cn(-c2ccc(C#N)c(N)c2)c2c1C(=O)CC(C)(C)C2. The van der Waals surface area contributed by atoms with Gasteiger partial charge in [-0.25, -0.2) is 0 Å². The van der Waals surface area contributed by atoms with E-state index in [0.29, 0.717) is 17.7 Å². The second kappa shape index (κ2) is 4.74. The van der Waals surface area contributed by atoms with Crippen LogP contribution >= 0.6 is 0 Å². The molecule has 1 aromatic heterocycles. The Hall–Kier alpha value is -2.54. The number of hydrogen-bond acceptors (Lipinski definition) is 3. The van der Waals surface area contributed by atoms with Gasteiger partial charge in [0.25, 0.3) is 0 Å². The minimum Gasteiger partial charge on any atom is -0.398 e. The Balaban J connectivity index is 2.18. The summed E-state index contributed by atoms with van der Waals surface area (Å²) in [5.41, 5.74) is 10.6. The van der Waals surface area contributed by atoms with Gasteiger partial charge in [0.15, 0.2) is 5.78 Å². The molecule has 1 aliphatic carbocycles. The fraction of sp³-hybridized carbons (Fsp3) is 0.333. The first kappa shape index (κ1) is 14.4. The van der Waals surface area contributed by atoms with E-state index in [0.717, 1.165) is 28.9 Å².